The molecule has 2 amide bonds. The number of ether oxygens (including phenoxy) is 4. The summed E-state index contributed by atoms with van der Waals surface area (Å²) in [4.78, 5) is 48.0. The fourth-order valence-electron chi connectivity index (χ4n) is 9.60. The number of hydrogen-bond donors (Lipinski definition) is 3. The van der Waals surface area contributed by atoms with Crippen LogP contribution in [0.1, 0.15) is 142 Å². The summed E-state index contributed by atoms with van der Waals surface area (Å²) in [6.45, 7) is 16.2. The SMILES string of the molecule is C/C=C/C(=O)C[C@@H]1CCC(C)C(CC(C)=O)O1.C=C[C@@H](C)CC[C@@H]1CCC[C@]2(CCC(C)[C@@H](CCCNC(=O)[C@@H](C)[C@@H](O)CNC(=O)OCC3c4ccccc4-c4ccccc43)O2)O1. The summed E-state index contributed by atoms with van der Waals surface area (Å²) in [5, 5.41) is 16.2. The monoisotopic (exact) mass is 885 g/mol. The number of fused-ring (bicyclic) bond motifs is 3. The largest absolute Gasteiger partial charge is 0.449 e. The number of Topliss-reactive ketones (excluding diaryl/α,β-unsaturated/α-hetero) is 1. The fraction of sp³-hybridized carbons (Fsp3) is 0.623. The second kappa shape index (κ2) is 24.9. The zero-order valence-corrected chi connectivity index (χ0v) is 39.4. The van der Waals surface area contributed by atoms with Gasteiger partial charge in [-0.25, -0.2) is 4.79 Å². The van der Waals surface area contributed by atoms with Crippen LogP contribution in [0.3, 0.4) is 0 Å². The molecule has 3 heterocycles. The van der Waals surface area contributed by atoms with E-state index in [4.69, 9.17) is 18.9 Å². The Morgan fingerprint density at radius 3 is 2.23 bits per heavy atom. The van der Waals surface area contributed by atoms with Crippen LogP contribution in [0, 0.1) is 23.7 Å². The Kier molecular flexibility index (Phi) is 19.8. The van der Waals surface area contributed by atoms with Crippen LogP contribution < -0.4 is 10.6 Å². The highest BCUT2D eigenvalue weighted by molar-refractivity contribution is 5.89. The topological polar surface area (TPSA) is 149 Å². The third-order valence-electron chi connectivity index (χ3n) is 13.8. The smallest absolute Gasteiger partial charge is 0.407 e. The maximum atomic E-state index is 12.8. The number of ketones is 2. The molecule has 0 aromatic heterocycles. The number of rotatable bonds is 19. The Bertz CT molecular complexity index is 1840. The maximum Gasteiger partial charge on any atom is 0.407 e. The van der Waals surface area contributed by atoms with E-state index in [2.05, 4.69) is 62.2 Å². The minimum absolute atomic E-state index is 0.00958. The summed E-state index contributed by atoms with van der Waals surface area (Å²) in [6.07, 6.45) is 15.8. The van der Waals surface area contributed by atoms with Gasteiger partial charge < -0.3 is 34.7 Å². The first-order chi connectivity index (χ1) is 30.7. The summed E-state index contributed by atoms with van der Waals surface area (Å²) < 4.78 is 24.7. The average Bonchev–Trinajstić information content (AvgIpc) is 3.61. The molecule has 3 N–H and O–H groups in total. The van der Waals surface area contributed by atoms with Gasteiger partial charge in [0, 0.05) is 44.7 Å². The average molecular weight is 885 g/mol. The highest BCUT2D eigenvalue weighted by Gasteiger charge is 2.44. The molecule has 6 rings (SSSR count). The molecular weight excluding hydrogens is 809 g/mol. The van der Waals surface area contributed by atoms with Gasteiger partial charge in [-0.2, -0.15) is 0 Å². The van der Waals surface area contributed by atoms with Crippen molar-refractivity contribution in [3.05, 3.63) is 84.5 Å². The van der Waals surface area contributed by atoms with E-state index in [9.17, 15) is 24.3 Å². The molecule has 3 fully saturated rings. The van der Waals surface area contributed by atoms with Crippen LogP contribution in [-0.4, -0.2) is 84.7 Å². The van der Waals surface area contributed by atoms with Gasteiger partial charge in [0.15, 0.2) is 11.6 Å². The van der Waals surface area contributed by atoms with Crippen molar-refractivity contribution in [1.82, 2.24) is 10.6 Å². The predicted octanol–water partition coefficient (Wildman–Crippen LogP) is 9.79. The number of carbonyl (C=O) groups excluding carboxylic acids is 4. The summed E-state index contributed by atoms with van der Waals surface area (Å²) in [5.41, 5.74) is 4.59. The number of allylic oxidation sites excluding steroid dienone is 3. The Hall–Kier alpha value is -4.16. The molecule has 3 unspecified atom stereocenters. The van der Waals surface area contributed by atoms with Crippen molar-refractivity contribution < 1.29 is 43.2 Å². The summed E-state index contributed by atoms with van der Waals surface area (Å²) in [6, 6.07) is 16.3. The molecule has 352 valence electrons. The van der Waals surface area contributed by atoms with Crippen LogP contribution in [-0.2, 0) is 33.3 Å². The highest BCUT2D eigenvalue weighted by Crippen LogP contribution is 2.45. The van der Waals surface area contributed by atoms with E-state index in [1.54, 1.807) is 26.0 Å². The van der Waals surface area contributed by atoms with Crippen LogP contribution in [0.4, 0.5) is 4.79 Å². The summed E-state index contributed by atoms with van der Waals surface area (Å²) in [5.74, 6) is 0.154. The molecule has 0 radical (unpaired) electrons. The van der Waals surface area contributed by atoms with Gasteiger partial charge in [0.2, 0.25) is 5.91 Å². The van der Waals surface area contributed by atoms with E-state index >= 15 is 0 Å². The van der Waals surface area contributed by atoms with E-state index < -0.39 is 23.9 Å². The zero-order chi connectivity index (χ0) is 46.2. The molecule has 2 aromatic carbocycles. The number of alkyl carbamates (subject to hydrolysis) is 1. The molecular formula is C53H76N2O9. The lowest BCUT2D eigenvalue weighted by Gasteiger charge is -2.48. The maximum absolute atomic E-state index is 12.8. The lowest BCUT2D eigenvalue weighted by molar-refractivity contribution is -0.324. The molecule has 0 saturated carbocycles. The standard InChI is InChI=1S/C39H54N2O6.C14H22O3/c1-5-26(2)18-19-29-12-10-21-39(46-29)22-20-27(3)36(47-39)17-11-23-40-37(43)28(4)35(42)24-41-38(44)45-25-34-32-15-8-6-13-30(32)31-14-7-9-16-33(31)34;1-4-5-12(16)9-13-7-6-10(2)14(17-13)8-11(3)15/h5-9,13-16,26-29,34-36,42H,1,10-12,17-25H2,2-4H3,(H,40,43)(H,41,44);4-5,10,13-14H,6-9H2,1-3H3/b;5-4+/t26-,27?,28+,29+,35+,36-,39+;10?,13-,14?/m10/s1. The Balaban J connectivity index is 0.000000381. The second-order valence-electron chi connectivity index (χ2n) is 18.9. The number of aliphatic hydroxyl groups is 1. The Morgan fingerprint density at radius 2 is 1.56 bits per heavy atom. The summed E-state index contributed by atoms with van der Waals surface area (Å²) in [7, 11) is 0. The van der Waals surface area contributed by atoms with E-state index in [1.807, 2.05) is 37.3 Å². The zero-order valence-electron chi connectivity index (χ0n) is 39.4. The number of carbonyl (C=O) groups is 4. The van der Waals surface area contributed by atoms with E-state index in [-0.39, 0.29) is 61.0 Å². The van der Waals surface area contributed by atoms with Gasteiger partial charge in [0.05, 0.1) is 36.4 Å². The van der Waals surface area contributed by atoms with Crippen LogP contribution >= 0.6 is 0 Å². The van der Waals surface area contributed by atoms with Gasteiger partial charge in [-0.15, -0.1) is 6.58 Å². The summed E-state index contributed by atoms with van der Waals surface area (Å²) >= 11 is 0. The lowest BCUT2D eigenvalue weighted by Crippen LogP contribution is -2.50. The van der Waals surface area contributed by atoms with Gasteiger partial charge in [0.25, 0.3) is 0 Å². The van der Waals surface area contributed by atoms with Gasteiger partial charge in [-0.1, -0.05) is 88.4 Å². The van der Waals surface area contributed by atoms with Crippen LogP contribution in [0.2, 0.25) is 0 Å². The van der Waals surface area contributed by atoms with E-state index in [0.717, 1.165) is 92.9 Å². The quantitative estimate of drug-likeness (QED) is 0.0712. The second-order valence-corrected chi connectivity index (χ2v) is 18.9. The molecule has 3 aliphatic heterocycles. The Labute approximate surface area is 382 Å². The number of hydrogen-bond acceptors (Lipinski definition) is 9. The molecule has 3 saturated heterocycles. The van der Waals surface area contributed by atoms with Crippen LogP contribution in [0.15, 0.2) is 73.3 Å². The van der Waals surface area contributed by atoms with Crippen molar-refractivity contribution in [3.8, 4) is 11.1 Å². The first-order valence-electron chi connectivity index (χ1n) is 24.1. The lowest BCUT2D eigenvalue weighted by atomic mass is 9.85. The molecule has 1 spiro atoms. The number of benzene rings is 2. The molecule has 4 aliphatic rings. The van der Waals surface area contributed by atoms with Crippen LogP contribution in [0.5, 0.6) is 0 Å². The normalized spacial score (nSPS) is 26.7. The molecule has 1 aliphatic carbocycles. The van der Waals surface area contributed by atoms with Crippen LogP contribution in [0.25, 0.3) is 11.1 Å². The fourth-order valence-corrected chi connectivity index (χ4v) is 9.60. The van der Waals surface area contributed by atoms with Crippen molar-refractivity contribution >= 4 is 23.6 Å². The molecule has 11 heteroatoms. The molecule has 2 aromatic rings. The van der Waals surface area contributed by atoms with Gasteiger partial charge in [0.1, 0.15) is 12.4 Å². The van der Waals surface area contributed by atoms with E-state index in [1.165, 1.54) is 0 Å². The number of aliphatic hydroxyl groups excluding tert-OH is 1. The van der Waals surface area contributed by atoms with Gasteiger partial charge in [-0.3, -0.25) is 14.4 Å². The third kappa shape index (κ3) is 14.7. The molecule has 64 heavy (non-hydrogen) atoms. The molecule has 0 bridgehead atoms. The van der Waals surface area contributed by atoms with Crippen molar-refractivity contribution in [2.45, 2.75) is 167 Å². The molecule has 11 nitrogen and oxygen atoms in total. The first kappa shape index (κ1) is 50.8. The van der Waals surface area contributed by atoms with Crippen molar-refractivity contribution in [2.24, 2.45) is 23.7 Å². The first-order valence-corrected chi connectivity index (χ1v) is 24.1. The predicted molar refractivity (Wildman–Crippen MR) is 251 cm³/mol. The minimum atomic E-state index is -1.04. The minimum Gasteiger partial charge on any atom is -0.449 e. The van der Waals surface area contributed by atoms with E-state index in [0.29, 0.717) is 37.1 Å². The van der Waals surface area contributed by atoms with Gasteiger partial charge >= 0.3 is 6.09 Å². The van der Waals surface area contributed by atoms with Crippen molar-refractivity contribution in [2.75, 3.05) is 19.7 Å². The number of amides is 2. The Morgan fingerprint density at radius 1 is 0.875 bits per heavy atom. The van der Waals surface area contributed by atoms with Gasteiger partial charge in [-0.05, 0) is 118 Å². The molecule has 10 atom stereocenters. The van der Waals surface area contributed by atoms with Crippen molar-refractivity contribution in [3.63, 3.8) is 0 Å². The highest BCUT2D eigenvalue weighted by atomic mass is 16.7. The third-order valence-corrected chi connectivity index (χ3v) is 13.8. The number of nitrogens with one attached hydrogen (secondary N) is 2. The van der Waals surface area contributed by atoms with Crippen molar-refractivity contribution in [1.29, 1.82) is 0 Å².